The number of rotatable bonds is 4. The zero-order chi connectivity index (χ0) is 15.8. The summed E-state index contributed by atoms with van der Waals surface area (Å²) >= 11 is 0. The molecule has 3 nitrogen and oxygen atoms in total. The number of ether oxygens (including phenoxy) is 1. The third-order valence-electron chi connectivity index (χ3n) is 2.69. The molecule has 0 aliphatic rings. The Bertz CT molecular complexity index is 598. The van der Waals surface area contributed by atoms with Gasteiger partial charge < -0.3 is 9.84 Å². The average molecular weight is 294 g/mol. The predicted molar refractivity (Wildman–Crippen MR) is 76.2 cm³/mol. The van der Waals surface area contributed by atoms with E-state index in [4.69, 9.17) is 9.84 Å². The summed E-state index contributed by atoms with van der Waals surface area (Å²) < 4.78 is 30.7. The molecular weight excluding hydrogens is 278 g/mol. The SMILES string of the molecule is CO.Cc1ccc(C=O)cc1Oc1cccc(C(F)F)c1. The van der Waals surface area contributed by atoms with Gasteiger partial charge in [0.2, 0.25) is 0 Å². The minimum atomic E-state index is -2.54. The molecule has 2 rings (SSSR count). The van der Waals surface area contributed by atoms with Crippen molar-refractivity contribution >= 4 is 6.29 Å². The molecular formula is C16H16F2O3. The van der Waals surface area contributed by atoms with Gasteiger partial charge >= 0.3 is 0 Å². The molecule has 2 aromatic carbocycles. The molecule has 2 aromatic rings. The van der Waals surface area contributed by atoms with Crippen LogP contribution in [0.5, 0.6) is 11.5 Å². The normalized spacial score (nSPS) is 9.81. The molecule has 0 fully saturated rings. The van der Waals surface area contributed by atoms with Gasteiger partial charge in [0.1, 0.15) is 17.8 Å². The number of halogens is 2. The summed E-state index contributed by atoms with van der Waals surface area (Å²) in [5.74, 6) is 0.806. The van der Waals surface area contributed by atoms with Gasteiger partial charge in [-0.3, -0.25) is 4.79 Å². The fourth-order valence-electron chi connectivity index (χ4n) is 1.64. The molecule has 0 aromatic heterocycles. The number of hydrogen-bond donors (Lipinski definition) is 1. The lowest BCUT2D eigenvalue weighted by molar-refractivity contribution is 0.112. The fraction of sp³-hybridized carbons (Fsp3) is 0.188. The van der Waals surface area contributed by atoms with Crippen LogP contribution in [-0.4, -0.2) is 18.5 Å². The maximum absolute atomic E-state index is 12.6. The number of hydrogen-bond acceptors (Lipinski definition) is 3. The lowest BCUT2D eigenvalue weighted by atomic mass is 10.1. The second kappa shape index (κ2) is 8.11. The Labute approximate surface area is 121 Å². The Hall–Kier alpha value is -2.27. The Morgan fingerprint density at radius 2 is 1.86 bits per heavy atom. The van der Waals surface area contributed by atoms with E-state index in [9.17, 15) is 13.6 Å². The number of benzene rings is 2. The van der Waals surface area contributed by atoms with Gasteiger partial charge in [-0.1, -0.05) is 24.3 Å². The molecule has 0 bridgehead atoms. The molecule has 0 atom stereocenters. The van der Waals surface area contributed by atoms with Gasteiger partial charge in [0.15, 0.2) is 0 Å². The van der Waals surface area contributed by atoms with Crippen molar-refractivity contribution in [1.29, 1.82) is 0 Å². The Kier molecular flexibility index (Phi) is 6.49. The maximum Gasteiger partial charge on any atom is 0.263 e. The number of aliphatic hydroxyl groups is 1. The van der Waals surface area contributed by atoms with Crippen LogP contribution in [0.3, 0.4) is 0 Å². The van der Waals surface area contributed by atoms with Crippen molar-refractivity contribution in [3.63, 3.8) is 0 Å². The second-order valence-corrected chi connectivity index (χ2v) is 4.12. The fourth-order valence-corrected chi connectivity index (χ4v) is 1.64. The number of alkyl halides is 2. The third kappa shape index (κ3) is 4.65. The maximum atomic E-state index is 12.6. The van der Waals surface area contributed by atoms with E-state index in [0.29, 0.717) is 23.3 Å². The summed E-state index contributed by atoms with van der Waals surface area (Å²) in [5, 5.41) is 7.00. The minimum Gasteiger partial charge on any atom is -0.457 e. The smallest absolute Gasteiger partial charge is 0.263 e. The molecule has 0 saturated heterocycles. The molecule has 5 heteroatoms. The first kappa shape index (κ1) is 16.8. The van der Waals surface area contributed by atoms with E-state index < -0.39 is 6.43 Å². The number of carbonyl (C=O) groups is 1. The van der Waals surface area contributed by atoms with Crippen LogP contribution in [0.2, 0.25) is 0 Å². The molecule has 1 N–H and O–H groups in total. The first-order chi connectivity index (χ1) is 10.1. The van der Waals surface area contributed by atoms with Gasteiger partial charge in [-0.15, -0.1) is 0 Å². The van der Waals surface area contributed by atoms with Crippen molar-refractivity contribution in [2.45, 2.75) is 13.3 Å². The van der Waals surface area contributed by atoms with Crippen molar-refractivity contribution in [2.24, 2.45) is 0 Å². The summed E-state index contributed by atoms with van der Waals surface area (Å²) in [6.45, 7) is 1.82. The van der Waals surface area contributed by atoms with Gasteiger partial charge in [-0.05, 0) is 30.7 Å². The topological polar surface area (TPSA) is 46.5 Å². The van der Waals surface area contributed by atoms with Gasteiger partial charge in [-0.25, -0.2) is 8.78 Å². The summed E-state index contributed by atoms with van der Waals surface area (Å²) in [6.07, 6.45) is -1.83. The van der Waals surface area contributed by atoms with Crippen molar-refractivity contribution in [2.75, 3.05) is 7.11 Å². The molecule has 21 heavy (non-hydrogen) atoms. The summed E-state index contributed by atoms with van der Waals surface area (Å²) in [5.41, 5.74) is 1.21. The van der Waals surface area contributed by atoms with E-state index in [-0.39, 0.29) is 5.56 Å². The highest BCUT2D eigenvalue weighted by atomic mass is 19.3. The van der Waals surface area contributed by atoms with E-state index in [2.05, 4.69) is 0 Å². The molecule has 0 amide bonds. The molecule has 0 unspecified atom stereocenters. The summed E-state index contributed by atoms with van der Waals surface area (Å²) in [7, 11) is 1.00. The van der Waals surface area contributed by atoms with Crippen LogP contribution in [-0.2, 0) is 0 Å². The third-order valence-corrected chi connectivity index (χ3v) is 2.69. The van der Waals surface area contributed by atoms with E-state index in [1.165, 1.54) is 18.2 Å². The molecule has 0 saturated carbocycles. The predicted octanol–water partition coefficient (Wildman–Crippen LogP) is 4.15. The van der Waals surface area contributed by atoms with Gasteiger partial charge in [0, 0.05) is 18.2 Å². The number of carbonyl (C=O) groups excluding carboxylic acids is 1. The van der Waals surface area contributed by atoms with E-state index >= 15 is 0 Å². The number of aryl methyl sites for hydroxylation is 1. The highest BCUT2D eigenvalue weighted by Gasteiger charge is 2.09. The molecule has 112 valence electrons. The Morgan fingerprint density at radius 1 is 1.14 bits per heavy atom. The van der Waals surface area contributed by atoms with Crippen molar-refractivity contribution in [3.05, 3.63) is 59.2 Å². The zero-order valence-electron chi connectivity index (χ0n) is 11.7. The van der Waals surface area contributed by atoms with Crippen LogP contribution in [0.15, 0.2) is 42.5 Å². The minimum absolute atomic E-state index is 0.0957. The zero-order valence-corrected chi connectivity index (χ0v) is 11.7. The lowest BCUT2D eigenvalue weighted by Gasteiger charge is -2.10. The quantitative estimate of drug-likeness (QED) is 0.862. The van der Waals surface area contributed by atoms with Crippen molar-refractivity contribution in [3.8, 4) is 11.5 Å². The van der Waals surface area contributed by atoms with Crippen molar-refractivity contribution < 1.29 is 23.4 Å². The van der Waals surface area contributed by atoms with Gasteiger partial charge in [-0.2, -0.15) is 0 Å². The number of aldehydes is 1. The standard InChI is InChI=1S/C15H12F2O2.CH4O/c1-10-5-6-11(9-18)7-14(10)19-13-4-2-3-12(8-13)15(16)17;1-2/h2-9,15H,1H3;2H,1H3. The molecule has 0 aliphatic heterocycles. The van der Waals surface area contributed by atoms with E-state index in [1.54, 1.807) is 24.3 Å². The van der Waals surface area contributed by atoms with Crippen LogP contribution in [0.25, 0.3) is 0 Å². The molecule has 0 spiro atoms. The van der Waals surface area contributed by atoms with Crippen LogP contribution >= 0.6 is 0 Å². The Balaban J connectivity index is 0.00000106. The lowest BCUT2D eigenvalue weighted by Crippen LogP contribution is -1.91. The highest BCUT2D eigenvalue weighted by molar-refractivity contribution is 5.76. The van der Waals surface area contributed by atoms with Gasteiger partial charge in [0.05, 0.1) is 0 Å². The first-order valence-corrected chi connectivity index (χ1v) is 6.16. The van der Waals surface area contributed by atoms with Crippen LogP contribution in [0, 0.1) is 6.92 Å². The average Bonchev–Trinajstić information content (AvgIpc) is 2.52. The van der Waals surface area contributed by atoms with Crippen molar-refractivity contribution in [1.82, 2.24) is 0 Å². The van der Waals surface area contributed by atoms with Crippen LogP contribution in [0.1, 0.15) is 27.9 Å². The second-order valence-electron chi connectivity index (χ2n) is 4.12. The van der Waals surface area contributed by atoms with E-state index in [0.717, 1.165) is 12.7 Å². The molecule has 0 aliphatic carbocycles. The molecule has 0 radical (unpaired) electrons. The number of aliphatic hydroxyl groups excluding tert-OH is 1. The monoisotopic (exact) mass is 294 g/mol. The van der Waals surface area contributed by atoms with Gasteiger partial charge in [0.25, 0.3) is 6.43 Å². The highest BCUT2D eigenvalue weighted by Crippen LogP contribution is 2.28. The summed E-state index contributed by atoms with van der Waals surface area (Å²) in [4.78, 5) is 10.7. The van der Waals surface area contributed by atoms with Crippen LogP contribution in [0.4, 0.5) is 8.78 Å². The largest absolute Gasteiger partial charge is 0.457 e. The Morgan fingerprint density at radius 3 is 2.48 bits per heavy atom. The summed E-state index contributed by atoms with van der Waals surface area (Å²) in [6, 6.07) is 10.7. The van der Waals surface area contributed by atoms with Crippen LogP contribution < -0.4 is 4.74 Å². The van der Waals surface area contributed by atoms with E-state index in [1.807, 2.05) is 6.92 Å². The first-order valence-electron chi connectivity index (χ1n) is 6.16. The molecule has 0 heterocycles.